The van der Waals surface area contributed by atoms with E-state index in [0.717, 1.165) is 18.8 Å². The first-order valence-electron chi connectivity index (χ1n) is 7.10. The lowest BCUT2D eigenvalue weighted by atomic mass is 10.0. The second kappa shape index (κ2) is 7.90. The topological polar surface area (TPSA) is 49.8 Å². The van der Waals surface area contributed by atoms with E-state index in [0.29, 0.717) is 6.42 Å². The Morgan fingerprint density at radius 1 is 1.45 bits per heavy atom. The fourth-order valence-corrected chi connectivity index (χ4v) is 2.50. The van der Waals surface area contributed by atoms with Crippen LogP contribution in [0.3, 0.4) is 0 Å². The fraction of sp³-hybridized carbons (Fsp3) is 0.562. The summed E-state index contributed by atoms with van der Waals surface area (Å²) in [4.78, 5) is 12.9. The van der Waals surface area contributed by atoms with Gasteiger partial charge in [-0.1, -0.05) is 13.0 Å². The summed E-state index contributed by atoms with van der Waals surface area (Å²) in [6, 6.07) is 6.39. The summed E-state index contributed by atoms with van der Waals surface area (Å²) in [5.41, 5.74) is 2.47. The van der Waals surface area contributed by atoms with Crippen molar-refractivity contribution in [2.24, 2.45) is 0 Å². The average Bonchev–Trinajstić information content (AvgIpc) is 2.42. The van der Waals surface area contributed by atoms with Gasteiger partial charge in [0.1, 0.15) is 5.75 Å². The van der Waals surface area contributed by atoms with E-state index < -0.39 is 5.97 Å². The molecule has 112 valence electrons. The van der Waals surface area contributed by atoms with Crippen LogP contribution in [-0.4, -0.2) is 36.2 Å². The smallest absolute Gasteiger partial charge is 0.303 e. The molecule has 0 saturated heterocycles. The minimum absolute atomic E-state index is 0.227. The van der Waals surface area contributed by atoms with Crippen molar-refractivity contribution < 1.29 is 14.6 Å². The molecule has 0 aromatic heterocycles. The van der Waals surface area contributed by atoms with E-state index in [1.54, 1.807) is 7.11 Å². The molecule has 0 heterocycles. The normalized spacial score (nSPS) is 12.4. The van der Waals surface area contributed by atoms with Crippen molar-refractivity contribution in [2.75, 3.05) is 20.2 Å². The number of carbonyl (C=O) groups is 1. The molecule has 0 bridgehead atoms. The van der Waals surface area contributed by atoms with Crippen molar-refractivity contribution >= 4 is 5.97 Å². The Bertz CT molecular complexity index is 445. The maximum absolute atomic E-state index is 10.6. The van der Waals surface area contributed by atoms with Crippen LogP contribution in [0.2, 0.25) is 0 Å². The van der Waals surface area contributed by atoms with E-state index in [1.807, 2.05) is 12.1 Å². The lowest BCUT2D eigenvalue weighted by Gasteiger charge is -2.29. The van der Waals surface area contributed by atoms with Crippen molar-refractivity contribution in [1.29, 1.82) is 0 Å². The highest BCUT2D eigenvalue weighted by molar-refractivity contribution is 5.66. The lowest BCUT2D eigenvalue weighted by Crippen LogP contribution is -2.28. The van der Waals surface area contributed by atoms with Gasteiger partial charge in [-0.3, -0.25) is 9.69 Å². The zero-order valence-electron chi connectivity index (χ0n) is 12.8. The molecule has 0 aliphatic heterocycles. The Balaban J connectivity index is 2.74. The second-order valence-electron chi connectivity index (χ2n) is 5.02. The maximum Gasteiger partial charge on any atom is 0.303 e. The summed E-state index contributed by atoms with van der Waals surface area (Å²) < 4.78 is 5.23. The predicted octanol–water partition coefficient (Wildman–Crippen LogP) is 3.25. The number of rotatable bonds is 8. The molecule has 1 atom stereocenters. The summed E-state index contributed by atoms with van der Waals surface area (Å²) >= 11 is 0. The number of aliphatic carboxylic acids is 1. The van der Waals surface area contributed by atoms with E-state index in [2.05, 4.69) is 31.7 Å². The Labute approximate surface area is 121 Å². The van der Waals surface area contributed by atoms with Crippen LogP contribution in [0, 0.1) is 6.92 Å². The molecule has 0 fully saturated rings. The number of nitrogens with zero attached hydrogens (tertiary/aromatic N) is 1. The molecule has 0 saturated carbocycles. The van der Waals surface area contributed by atoms with Crippen molar-refractivity contribution in [3.8, 4) is 5.75 Å². The van der Waals surface area contributed by atoms with Crippen molar-refractivity contribution in [2.45, 2.75) is 39.7 Å². The minimum Gasteiger partial charge on any atom is -0.497 e. The van der Waals surface area contributed by atoms with Gasteiger partial charge in [0.05, 0.1) is 7.11 Å². The van der Waals surface area contributed by atoms with E-state index >= 15 is 0 Å². The highest BCUT2D eigenvalue weighted by Gasteiger charge is 2.16. The Morgan fingerprint density at radius 2 is 2.15 bits per heavy atom. The van der Waals surface area contributed by atoms with Crippen LogP contribution in [0.25, 0.3) is 0 Å². The summed E-state index contributed by atoms with van der Waals surface area (Å²) in [6.07, 6.45) is 0.910. The summed E-state index contributed by atoms with van der Waals surface area (Å²) in [7, 11) is 1.67. The largest absolute Gasteiger partial charge is 0.497 e. The molecule has 0 radical (unpaired) electrons. The molecule has 1 aromatic carbocycles. The molecular formula is C16H25NO3. The SMILES string of the molecule is CCN(CCCC(=O)O)C(C)c1ccc(OC)cc1C. The quantitative estimate of drug-likeness (QED) is 0.793. The molecular weight excluding hydrogens is 254 g/mol. The van der Waals surface area contributed by atoms with Crippen LogP contribution in [0.15, 0.2) is 18.2 Å². The molecule has 0 spiro atoms. The third kappa shape index (κ3) is 4.53. The summed E-state index contributed by atoms with van der Waals surface area (Å²) in [5.74, 6) is 0.140. The van der Waals surface area contributed by atoms with Crippen LogP contribution < -0.4 is 4.74 Å². The number of ether oxygens (including phenoxy) is 1. The highest BCUT2D eigenvalue weighted by Crippen LogP contribution is 2.26. The second-order valence-corrected chi connectivity index (χ2v) is 5.02. The van der Waals surface area contributed by atoms with Crippen LogP contribution in [0.1, 0.15) is 43.9 Å². The van der Waals surface area contributed by atoms with Gasteiger partial charge in [-0.25, -0.2) is 0 Å². The molecule has 0 aliphatic rings. The van der Waals surface area contributed by atoms with E-state index in [4.69, 9.17) is 9.84 Å². The van der Waals surface area contributed by atoms with Gasteiger partial charge in [0.15, 0.2) is 0 Å². The van der Waals surface area contributed by atoms with E-state index in [9.17, 15) is 4.79 Å². The first kappa shape index (κ1) is 16.5. The molecule has 4 heteroatoms. The molecule has 1 unspecified atom stereocenters. The van der Waals surface area contributed by atoms with Crippen LogP contribution in [0.5, 0.6) is 5.75 Å². The van der Waals surface area contributed by atoms with Gasteiger partial charge in [-0.2, -0.15) is 0 Å². The van der Waals surface area contributed by atoms with Gasteiger partial charge in [0.25, 0.3) is 0 Å². The zero-order chi connectivity index (χ0) is 15.1. The summed E-state index contributed by atoms with van der Waals surface area (Å²) in [6.45, 7) is 8.07. The zero-order valence-corrected chi connectivity index (χ0v) is 12.8. The molecule has 1 rings (SSSR count). The molecule has 1 aromatic rings. The number of aryl methyl sites for hydroxylation is 1. The highest BCUT2D eigenvalue weighted by atomic mass is 16.5. The molecule has 4 nitrogen and oxygen atoms in total. The predicted molar refractivity (Wildman–Crippen MR) is 80.3 cm³/mol. The number of carboxylic acids is 1. The van der Waals surface area contributed by atoms with Gasteiger partial charge in [-0.05, 0) is 56.6 Å². The number of benzene rings is 1. The molecule has 1 N–H and O–H groups in total. The van der Waals surface area contributed by atoms with Crippen LogP contribution in [-0.2, 0) is 4.79 Å². The van der Waals surface area contributed by atoms with Gasteiger partial charge >= 0.3 is 5.97 Å². The van der Waals surface area contributed by atoms with Crippen molar-refractivity contribution in [3.63, 3.8) is 0 Å². The van der Waals surface area contributed by atoms with Crippen molar-refractivity contribution in [3.05, 3.63) is 29.3 Å². The Kier molecular flexibility index (Phi) is 6.52. The third-order valence-corrected chi connectivity index (χ3v) is 3.72. The molecule has 20 heavy (non-hydrogen) atoms. The van der Waals surface area contributed by atoms with Gasteiger partial charge in [0, 0.05) is 12.5 Å². The number of hydrogen-bond donors (Lipinski definition) is 1. The first-order valence-corrected chi connectivity index (χ1v) is 7.10. The monoisotopic (exact) mass is 279 g/mol. The molecule has 0 aliphatic carbocycles. The van der Waals surface area contributed by atoms with Gasteiger partial charge in [0.2, 0.25) is 0 Å². The van der Waals surface area contributed by atoms with Gasteiger partial charge in [-0.15, -0.1) is 0 Å². The van der Waals surface area contributed by atoms with Crippen molar-refractivity contribution in [1.82, 2.24) is 4.90 Å². The fourth-order valence-electron chi connectivity index (χ4n) is 2.50. The Hall–Kier alpha value is -1.55. The van der Waals surface area contributed by atoms with Crippen LogP contribution in [0.4, 0.5) is 0 Å². The summed E-state index contributed by atoms with van der Waals surface area (Å²) in [5, 5.41) is 8.72. The maximum atomic E-state index is 10.6. The van der Waals surface area contributed by atoms with E-state index in [1.165, 1.54) is 11.1 Å². The van der Waals surface area contributed by atoms with E-state index in [-0.39, 0.29) is 12.5 Å². The standard InChI is InChI=1S/C16H25NO3/c1-5-17(10-6-7-16(18)19)13(3)15-9-8-14(20-4)11-12(15)2/h8-9,11,13H,5-7,10H2,1-4H3,(H,18,19). The minimum atomic E-state index is -0.727. The molecule has 0 amide bonds. The lowest BCUT2D eigenvalue weighted by molar-refractivity contribution is -0.137. The van der Waals surface area contributed by atoms with Crippen LogP contribution >= 0.6 is 0 Å². The number of methoxy groups -OCH3 is 1. The first-order chi connectivity index (χ1) is 9.49. The Morgan fingerprint density at radius 3 is 2.65 bits per heavy atom. The number of hydrogen-bond acceptors (Lipinski definition) is 3. The van der Waals surface area contributed by atoms with Gasteiger partial charge < -0.3 is 9.84 Å². The third-order valence-electron chi connectivity index (χ3n) is 3.72. The number of carboxylic acid groups (broad SMARTS) is 1. The average molecular weight is 279 g/mol.